The van der Waals surface area contributed by atoms with Crippen LogP contribution in [0.25, 0.3) is 21.8 Å². The minimum absolute atomic E-state index is 0.294. The topological polar surface area (TPSA) is 101 Å². The highest BCUT2D eigenvalue weighted by molar-refractivity contribution is 5.93. The van der Waals surface area contributed by atoms with Gasteiger partial charge in [-0.25, -0.2) is 4.98 Å². The van der Waals surface area contributed by atoms with Crippen LogP contribution in [0.5, 0.6) is 17.6 Å². The fraction of sp³-hybridized carbons (Fsp3) is 0.300. The molecule has 5 rings (SSSR count). The zero-order valence-electron chi connectivity index (χ0n) is 16.3. The van der Waals surface area contributed by atoms with Crippen LogP contribution < -0.4 is 19.7 Å². The molecule has 1 saturated heterocycles. The van der Waals surface area contributed by atoms with Crippen LogP contribution >= 0.6 is 0 Å². The van der Waals surface area contributed by atoms with Gasteiger partial charge >= 0.3 is 6.01 Å². The molecule has 1 aliphatic rings. The summed E-state index contributed by atoms with van der Waals surface area (Å²) < 4.78 is 11.7. The molecular weight excluding hydrogens is 370 g/mol. The van der Waals surface area contributed by atoms with Gasteiger partial charge < -0.3 is 19.7 Å². The zero-order valence-corrected chi connectivity index (χ0v) is 16.3. The molecule has 4 heterocycles. The van der Waals surface area contributed by atoms with E-state index in [1.165, 1.54) is 0 Å². The number of benzene rings is 1. The van der Waals surface area contributed by atoms with Crippen molar-refractivity contribution in [3.8, 4) is 17.6 Å². The summed E-state index contributed by atoms with van der Waals surface area (Å²) >= 11 is 0. The Hall–Kier alpha value is -3.46. The van der Waals surface area contributed by atoms with Crippen molar-refractivity contribution in [3.05, 3.63) is 36.2 Å². The molecule has 0 saturated carbocycles. The minimum atomic E-state index is 0.294. The van der Waals surface area contributed by atoms with E-state index in [1.807, 2.05) is 25.1 Å². The zero-order chi connectivity index (χ0) is 19.8. The van der Waals surface area contributed by atoms with E-state index in [0.717, 1.165) is 53.8 Å². The lowest BCUT2D eigenvalue weighted by atomic mass is 10.1. The highest BCUT2D eigenvalue weighted by atomic mass is 16.5. The average Bonchev–Trinajstić information content (AvgIpc) is 3.25. The van der Waals surface area contributed by atoms with E-state index in [9.17, 15) is 0 Å². The Bertz CT molecular complexity index is 1180. The van der Waals surface area contributed by atoms with Crippen LogP contribution in [0.2, 0.25) is 0 Å². The standard InChI is InChI=1S/C20H21N7O2/c1-12-3-4-15-14(11-23-26-15)17(12)29-19-16-13(5-6-22-19)18(25-20(24-16)28-2)27-9-7-21-8-10-27/h3-6,11,21H,7-10H2,1-2H3,(H,23,26). The van der Waals surface area contributed by atoms with Crippen molar-refractivity contribution in [2.45, 2.75) is 6.92 Å². The Balaban J connectivity index is 1.66. The van der Waals surface area contributed by atoms with Gasteiger partial charge in [0.25, 0.3) is 0 Å². The highest BCUT2D eigenvalue weighted by Crippen LogP contribution is 2.36. The first-order valence-corrected chi connectivity index (χ1v) is 9.51. The van der Waals surface area contributed by atoms with Gasteiger partial charge in [-0.15, -0.1) is 0 Å². The molecular formula is C20H21N7O2. The highest BCUT2D eigenvalue weighted by Gasteiger charge is 2.21. The van der Waals surface area contributed by atoms with Crippen molar-refractivity contribution < 1.29 is 9.47 Å². The van der Waals surface area contributed by atoms with E-state index < -0.39 is 0 Å². The third-order valence-corrected chi connectivity index (χ3v) is 5.11. The van der Waals surface area contributed by atoms with E-state index in [-0.39, 0.29) is 0 Å². The molecule has 3 aromatic heterocycles. The Morgan fingerprint density at radius 1 is 1.07 bits per heavy atom. The van der Waals surface area contributed by atoms with Gasteiger partial charge in [0.05, 0.1) is 29.6 Å². The third-order valence-electron chi connectivity index (χ3n) is 5.11. The van der Waals surface area contributed by atoms with Gasteiger partial charge in [-0.1, -0.05) is 6.07 Å². The molecule has 0 unspecified atom stereocenters. The molecule has 0 aliphatic carbocycles. The van der Waals surface area contributed by atoms with Crippen LogP contribution in [0, 0.1) is 6.92 Å². The van der Waals surface area contributed by atoms with Crippen molar-refractivity contribution in [2.24, 2.45) is 0 Å². The number of aryl methyl sites for hydroxylation is 1. The molecule has 4 aromatic rings. The van der Waals surface area contributed by atoms with Crippen molar-refractivity contribution in [2.75, 3.05) is 38.2 Å². The number of ether oxygens (including phenoxy) is 2. The number of rotatable bonds is 4. The van der Waals surface area contributed by atoms with E-state index in [4.69, 9.17) is 9.47 Å². The van der Waals surface area contributed by atoms with Crippen molar-refractivity contribution >= 4 is 27.6 Å². The number of piperazine rings is 1. The SMILES string of the molecule is COc1nc(N2CCNCC2)c2ccnc(Oc3c(C)ccc4[nH]ncc34)c2n1. The summed E-state index contributed by atoms with van der Waals surface area (Å²) in [7, 11) is 1.57. The van der Waals surface area contributed by atoms with Gasteiger partial charge in [0.1, 0.15) is 17.1 Å². The van der Waals surface area contributed by atoms with Gasteiger partial charge in [-0.2, -0.15) is 15.1 Å². The van der Waals surface area contributed by atoms with Gasteiger partial charge in [0.15, 0.2) is 0 Å². The Kier molecular flexibility index (Phi) is 4.36. The van der Waals surface area contributed by atoms with Gasteiger partial charge in [-0.3, -0.25) is 5.10 Å². The average molecular weight is 391 g/mol. The molecule has 2 N–H and O–H groups in total. The monoisotopic (exact) mass is 391 g/mol. The van der Waals surface area contributed by atoms with Gasteiger partial charge in [0.2, 0.25) is 5.88 Å². The van der Waals surface area contributed by atoms with Crippen LogP contribution in [0.15, 0.2) is 30.6 Å². The number of nitrogens with one attached hydrogen (secondary N) is 2. The summed E-state index contributed by atoms with van der Waals surface area (Å²) in [5.74, 6) is 1.95. The van der Waals surface area contributed by atoms with Crippen LogP contribution in [-0.2, 0) is 0 Å². The Morgan fingerprint density at radius 2 is 1.93 bits per heavy atom. The summed E-state index contributed by atoms with van der Waals surface area (Å²) in [4.78, 5) is 15.9. The minimum Gasteiger partial charge on any atom is -0.467 e. The number of aromatic amines is 1. The molecule has 1 aliphatic heterocycles. The number of fused-ring (bicyclic) bond motifs is 2. The maximum atomic E-state index is 6.29. The number of H-pyrrole nitrogens is 1. The Labute approximate surface area is 167 Å². The third kappa shape index (κ3) is 3.09. The largest absolute Gasteiger partial charge is 0.467 e. The quantitative estimate of drug-likeness (QED) is 0.547. The van der Waals surface area contributed by atoms with Gasteiger partial charge in [0, 0.05) is 32.4 Å². The number of pyridine rings is 1. The summed E-state index contributed by atoms with van der Waals surface area (Å²) in [6.45, 7) is 5.53. The molecule has 29 heavy (non-hydrogen) atoms. The van der Waals surface area contributed by atoms with E-state index in [0.29, 0.717) is 23.2 Å². The summed E-state index contributed by atoms with van der Waals surface area (Å²) in [6.07, 6.45) is 3.48. The number of hydrogen-bond acceptors (Lipinski definition) is 8. The predicted molar refractivity (Wildman–Crippen MR) is 110 cm³/mol. The fourth-order valence-corrected chi connectivity index (χ4v) is 3.61. The summed E-state index contributed by atoms with van der Waals surface area (Å²) in [6, 6.07) is 6.18. The van der Waals surface area contributed by atoms with Crippen LogP contribution in [0.1, 0.15) is 5.56 Å². The normalized spacial score (nSPS) is 14.5. The number of methoxy groups -OCH3 is 1. The maximum absolute atomic E-state index is 6.29. The lowest BCUT2D eigenvalue weighted by molar-refractivity contribution is 0.380. The molecule has 1 fully saturated rings. The first-order chi connectivity index (χ1) is 14.2. The molecule has 0 spiro atoms. The Morgan fingerprint density at radius 3 is 2.76 bits per heavy atom. The second-order valence-corrected chi connectivity index (χ2v) is 6.93. The second kappa shape index (κ2) is 7.17. The van der Waals surface area contributed by atoms with E-state index in [1.54, 1.807) is 19.5 Å². The number of hydrogen-bond donors (Lipinski definition) is 2. The second-order valence-electron chi connectivity index (χ2n) is 6.93. The van der Waals surface area contributed by atoms with Gasteiger partial charge in [-0.05, 0) is 24.6 Å². The smallest absolute Gasteiger partial charge is 0.318 e. The summed E-state index contributed by atoms with van der Waals surface area (Å²) in [5, 5.41) is 12.2. The van der Waals surface area contributed by atoms with Crippen LogP contribution in [-0.4, -0.2) is 58.4 Å². The van der Waals surface area contributed by atoms with Crippen LogP contribution in [0.4, 0.5) is 5.82 Å². The lowest BCUT2D eigenvalue weighted by Crippen LogP contribution is -2.44. The molecule has 1 aromatic carbocycles. The molecule has 9 heteroatoms. The molecule has 0 amide bonds. The van der Waals surface area contributed by atoms with Crippen LogP contribution in [0.3, 0.4) is 0 Å². The molecule has 9 nitrogen and oxygen atoms in total. The number of nitrogens with zero attached hydrogens (tertiary/aromatic N) is 5. The molecule has 148 valence electrons. The predicted octanol–water partition coefficient (Wildman–Crippen LogP) is 2.42. The molecule has 0 bridgehead atoms. The van der Waals surface area contributed by atoms with E-state index in [2.05, 4.69) is 35.4 Å². The van der Waals surface area contributed by atoms with Crippen molar-refractivity contribution in [3.63, 3.8) is 0 Å². The first-order valence-electron chi connectivity index (χ1n) is 9.51. The first kappa shape index (κ1) is 17.6. The molecule has 0 atom stereocenters. The fourth-order valence-electron chi connectivity index (χ4n) is 3.61. The van der Waals surface area contributed by atoms with Crippen molar-refractivity contribution in [1.29, 1.82) is 0 Å². The number of anilines is 1. The van der Waals surface area contributed by atoms with Crippen molar-refractivity contribution in [1.82, 2.24) is 30.5 Å². The van der Waals surface area contributed by atoms with E-state index >= 15 is 0 Å². The molecule has 0 radical (unpaired) electrons. The maximum Gasteiger partial charge on any atom is 0.318 e. The lowest BCUT2D eigenvalue weighted by Gasteiger charge is -2.29. The summed E-state index contributed by atoms with van der Waals surface area (Å²) in [5.41, 5.74) is 2.51. The number of aromatic nitrogens is 5.